The second-order valence-electron chi connectivity index (χ2n) is 10.8. The van der Waals surface area contributed by atoms with E-state index < -0.39 is 0 Å². The summed E-state index contributed by atoms with van der Waals surface area (Å²) in [6.07, 6.45) is 2.51. The zero-order valence-electron chi connectivity index (χ0n) is 24.7. The molecular formula is C35H35N5O3. The van der Waals surface area contributed by atoms with Crippen LogP contribution < -0.4 is 20.1 Å². The number of rotatable bonds is 9. The molecule has 0 saturated carbocycles. The van der Waals surface area contributed by atoms with E-state index in [1.54, 1.807) is 20.5 Å². The highest BCUT2D eigenvalue weighted by atomic mass is 16.5. The minimum atomic E-state index is -0.0770. The van der Waals surface area contributed by atoms with Crippen LogP contribution in [0.25, 0.3) is 22.0 Å². The lowest BCUT2D eigenvalue weighted by molar-refractivity contribution is 0.0947. The van der Waals surface area contributed by atoms with Gasteiger partial charge in [-0.25, -0.2) is 9.97 Å². The Kier molecular flexibility index (Phi) is 8.20. The SMILES string of the molecule is COc1cc2c(cc1OC)CN(CCNC(=O)c1ccc(-c3ccc4ncnc(Nc5ccc(C)cc5)c4c3)cc1)CC2. The number of nitrogens with one attached hydrogen (secondary N) is 2. The van der Waals surface area contributed by atoms with Gasteiger partial charge in [-0.05, 0) is 84.1 Å². The van der Waals surface area contributed by atoms with Crippen LogP contribution in [0.2, 0.25) is 0 Å². The maximum Gasteiger partial charge on any atom is 0.251 e. The molecule has 0 fully saturated rings. The van der Waals surface area contributed by atoms with Crippen molar-refractivity contribution < 1.29 is 14.3 Å². The van der Waals surface area contributed by atoms with Gasteiger partial charge in [0.05, 0.1) is 19.7 Å². The van der Waals surface area contributed by atoms with Crippen LogP contribution in [0.5, 0.6) is 11.5 Å². The van der Waals surface area contributed by atoms with Gasteiger partial charge in [0.1, 0.15) is 12.1 Å². The minimum absolute atomic E-state index is 0.0770. The van der Waals surface area contributed by atoms with Crippen molar-refractivity contribution in [1.29, 1.82) is 0 Å². The van der Waals surface area contributed by atoms with E-state index in [1.165, 1.54) is 16.7 Å². The number of ether oxygens (including phenoxy) is 2. The maximum absolute atomic E-state index is 12.9. The van der Waals surface area contributed by atoms with Crippen LogP contribution in [0.1, 0.15) is 27.0 Å². The Morgan fingerprint density at radius 1 is 0.860 bits per heavy atom. The van der Waals surface area contributed by atoms with Gasteiger partial charge in [-0.1, -0.05) is 35.9 Å². The van der Waals surface area contributed by atoms with Crippen LogP contribution >= 0.6 is 0 Å². The fourth-order valence-electron chi connectivity index (χ4n) is 5.49. The molecule has 6 rings (SSSR count). The lowest BCUT2D eigenvalue weighted by Crippen LogP contribution is -2.37. The summed E-state index contributed by atoms with van der Waals surface area (Å²) in [5.74, 6) is 2.19. The molecule has 0 radical (unpaired) electrons. The summed E-state index contributed by atoms with van der Waals surface area (Å²) >= 11 is 0. The molecule has 2 heterocycles. The van der Waals surface area contributed by atoms with Gasteiger partial charge >= 0.3 is 0 Å². The molecule has 1 aliphatic rings. The van der Waals surface area contributed by atoms with E-state index in [9.17, 15) is 4.79 Å². The van der Waals surface area contributed by atoms with Gasteiger partial charge in [0.25, 0.3) is 5.91 Å². The molecule has 218 valence electrons. The van der Waals surface area contributed by atoms with Crippen LogP contribution in [0.3, 0.4) is 0 Å². The molecular weight excluding hydrogens is 538 g/mol. The van der Waals surface area contributed by atoms with Crippen molar-refractivity contribution in [2.75, 3.05) is 39.2 Å². The molecule has 8 heteroatoms. The molecule has 8 nitrogen and oxygen atoms in total. The van der Waals surface area contributed by atoms with E-state index in [2.05, 4.69) is 62.8 Å². The topological polar surface area (TPSA) is 88.6 Å². The molecule has 0 aliphatic carbocycles. The summed E-state index contributed by atoms with van der Waals surface area (Å²) in [5.41, 5.74) is 8.24. The molecule has 4 aromatic carbocycles. The zero-order valence-corrected chi connectivity index (χ0v) is 24.7. The Bertz CT molecular complexity index is 1750. The summed E-state index contributed by atoms with van der Waals surface area (Å²) < 4.78 is 10.9. The fourth-order valence-corrected chi connectivity index (χ4v) is 5.49. The van der Waals surface area contributed by atoms with Gasteiger partial charge in [-0.3, -0.25) is 9.69 Å². The first kappa shape index (κ1) is 28.2. The van der Waals surface area contributed by atoms with Gasteiger partial charge in [-0.15, -0.1) is 0 Å². The Morgan fingerprint density at radius 2 is 1.58 bits per heavy atom. The first-order chi connectivity index (χ1) is 21.0. The van der Waals surface area contributed by atoms with Crippen LogP contribution in [0.4, 0.5) is 11.5 Å². The molecule has 0 saturated heterocycles. The average molecular weight is 574 g/mol. The third-order valence-corrected chi connectivity index (χ3v) is 7.94. The van der Waals surface area contributed by atoms with Crippen molar-refractivity contribution in [2.24, 2.45) is 0 Å². The van der Waals surface area contributed by atoms with Crippen LogP contribution in [-0.4, -0.2) is 54.6 Å². The van der Waals surface area contributed by atoms with Crippen molar-refractivity contribution in [1.82, 2.24) is 20.2 Å². The Hall–Kier alpha value is -4.95. The maximum atomic E-state index is 12.9. The lowest BCUT2D eigenvalue weighted by atomic mass is 9.99. The lowest BCUT2D eigenvalue weighted by Gasteiger charge is -2.29. The average Bonchev–Trinajstić information content (AvgIpc) is 3.05. The summed E-state index contributed by atoms with van der Waals surface area (Å²) in [6.45, 7) is 5.17. The third kappa shape index (κ3) is 6.29. The van der Waals surface area contributed by atoms with E-state index in [0.717, 1.165) is 71.1 Å². The second kappa shape index (κ2) is 12.5. The number of hydrogen-bond donors (Lipinski definition) is 2. The number of aromatic nitrogens is 2. The summed E-state index contributed by atoms with van der Waals surface area (Å²) in [4.78, 5) is 24.2. The number of amides is 1. The predicted octanol–water partition coefficient (Wildman–Crippen LogP) is 6.15. The van der Waals surface area contributed by atoms with Crippen LogP contribution in [-0.2, 0) is 13.0 Å². The van der Waals surface area contributed by atoms with Crippen molar-refractivity contribution in [3.63, 3.8) is 0 Å². The third-order valence-electron chi connectivity index (χ3n) is 7.94. The van der Waals surface area contributed by atoms with Crippen LogP contribution in [0, 0.1) is 6.92 Å². The van der Waals surface area contributed by atoms with Gasteiger partial charge in [0.15, 0.2) is 11.5 Å². The van der Waals surface area contributed by atoms with Gasteiger partial charge in [-0.2, -0.15) is 0 Å². The number of carbonyl (C=O) groups is 1. The fraction of sp³-hybridized carbons (Fsp3) is 0.229. The van der Waals surface area contributed by atoms with Gasteiger partial charge < -0.3 is 20.1 Å². The number of nitrogens with zero attached hydrogens (tertiary/aromatic N) is 3. The number of methoxy groups -OCH3 is 2. The van der Waals surface area contributed by atoms with E-state index in [1.807, 2.05) is 48.5 Å². The molecule has 1 aliphatic heterocycles. The summed E-state index contributed by atoms with van der Waals surface area (Å²) in [5, 5.41) is 7.43. The minimum Gasteiger partial charge on any atom is -0.493 e. The number of fused-ring (bicyclic) bond motifs is 2. The Labute approximate surface area is 251 Å². The first-order valence-electron chi connectivity index (χ1n) is 14.4. The number of carbonyl (C=O) groups excluding carboxylic acids is 1. The van der Waals surface area contributed by atoms with E-state index in [0.29, 0.717) is 12.1 Å². The van der Waals surface area contributed by atoms with Crippen molar-refractivity contribution in [3.05, 3.63) is 107 Å². The van der Waals surface area contributed by atoms with Crippen LogP contribution in [0.15, 0.2) is 85.2 Å². The number of anilines is 2. The van der Waals surface area contributed by atoms with E-state index >= 15 is 0 Å². The van der Waals surface area contributed by atoms with E-state index in [4.69, 9.17) is 9.47 Å². The zero-order chi connectivity index (χ0) is 29.8. The molecule has 0 unspecified atom stereocenters. The highest BCUT2D eigenvalue weighted by Gasteiger charge is 2.19. The largest absolute Gasteiger partial charge is 0.493 e. The summed E-state index contributed by atoms with van der Waals surface area (Å²) in [6, 6.07) is 26.2. The smallest absolute Gasteiger partial charge is 0.251 e. The molecule has 0 spiro atoms. The molecule has 1 amide bonds. The monoisotopic (exact) mass is 573 g/mol. The standard InChI is InChI=1S/C35H35N5O3/c1-23-4-11-29(12-5-23)39-34-30-18-26(10-13-31(30)37-22-38-34)24-6-8-25(9-7-24)35(41)36-15-17-40-16-14-27-19-32(42-2)33(43-3)20-28(27)21-40/h4-13,18-20,22H,14-17,21H2,1-3H3,(H,36,41)(H,37,38,39). The normalized spacial score (nSPS) is 12.9. The van der Waals surface area contributed by atoms with Gasteiger partial charge in [0, 0.05) is 42.8 Å². The molecule has 0 atom stereocenters. The van der Waals surface area contributed by atoms with Gasteiger partial charge in [0.2, 0.25) is 0 Å². The number of aryl methyl sites for hydroxylation is 1. The second-order valence-corrected chi connectivity index (χ2v) is 10.8. The van der Waals surface area contributed by atoms with Crippen molar-refractivity contribution >= 4 is 28.3 Å². The predicted molar refractivity (Wildman–Crippen MR) is 170 cm³/mol. The molecule has 1 aromatic heterocycles. The molecule has 2 N–H and O–H groups in total. The number of hydrogen-bond acceptors (Lipinski definition) is 7. The van der Waals surface area contributed by atoms with Crippen molar-refractivity contribution in [3.8, 4) is 22.6 Å². The first-order valence-corrected chi connectivity index (χ1v) is 14.4. The quantitative estimate of drug-likeness (QED) is 0.219. The van der Waals surface area contributed by atoms with Crippen molar-refractivity contribution in [2.45, 2.75) is 19.9 Å². The molecule has 0 bridgehead atoms. The molecule has 5 aromatic rings. The highest BCUT2D eigenvalue weighted by molar-refractivity contribution is 5.96. The Balaban J connectivity index is 1.08. The Morgan fingerprint density at radius 3 is 2.33 bits per heavy atom. The highest BCUT2D eigenvalue weighted by Crippen LogP contribution is 2.33. The van der Waals surface area contributed by atoms with E-state index in [-0.39, 0.29) is 5.91 Å². The number of benzene rings is 4. The molecule has 43 heavy (non-hydrogen) atoms. The summed E-state index contributed by atoms with van der Waals surface area (Å²) in [7, 11) is 3.32.